The molecule has 0 amide bonds. The van der Waals surface area contributed by atoms with Gasteiger partial charge in [0.1, 0.15) is 17.9 Å². The lowest BCUT2D eigenvalue weighted by atomic mass is 10.0. The standard InChI is InChI=1S/C23H25BrN2O3/c1-3-25-10-12-26(13-11-25)14-19-20(27)9-8-18-22(28)21(15(2)29-23(18)19)16-4-6-17(24)7-5-16/h4-9,27H,3,10-14H2,1-2H3. The molecule has 2 aromatic carbocycles. The van der Waals surface area contributed by atoms with Crippen LogP contribution in [0.2, 0.25) is 0 Å². The molecule has 1 aliphatic rings. The molecule has 1 aliphatic heterocycles. The average molecular weight is 457 g/mol. The normalized spacial score (nSPS) is 15.8. The van der Waals surface area contributed by atoms with Gasteiger partial charge in [0.2, 0.25) is 5.43 Å². The van der Waals surface area contributed by atoms with Crippen LogP contribution in [0.3, 0.4) is 0 Å². The predicted molar refractivity (Wildman–Crippen MR) is 116 cm³/mol. The summed E-state index contributed by atoms with van der Waals surface area (Å²) in [5.74, 6) is 0.490. The summed E-state index contributed by atoms with van der Waals surface area (Å²) >= 11 is 3.43. The van der Waals surface area contributed by atoms with Gasteiger partial charge in [0, 0.05) is 23.1 Å². The van der Waals surface area contributed by atoms with Crippen molar-refractivity contribution >= 4 is 26.9 Å². The summed E-state index contributed by atoms with van der Waals surface area (Å²) in [6, 6.07) is 10.7. The molecule has 0 aliphatic carbocycles. The summed E-state index contributed by atoms with van der Waals surface area (Å²) in [6.45, 7) is 9.66. The zero-order valence-corrected chi connectivity index (χ0v) is 18.3. The zero-order chi connectivity index (χ0) is 20.5. The lowest BCUT2D eigenvalue weighted by Crippen LogP contribution is -3.13. The minimum absolute atomic E-state index is 0.0538. The number of fused-ring (bicyclic) bond motifs is 1. The summed E-state index contributed by atoms with van der Waals surface area (Å²) in [6.07, 6.45) is 0. The van der Waals surface area contributed by atoms with Crippen molar-refractivity contribution in [3.8, 4) is 16.9 Å². The molecule has 5 nitrogen and oxygen atoms in total. The third-order valence-corrected chi connectivity index (χ3v) is 6.40. The molecule has 2 heterocycles. The number of aryl methyl sites for hydroxylation is 1. The quantitative estimate of drug-likeness (QED) is 0.654. The molecule has 4 rings (SSSR count). The van der Waals surface area contributed by atoms with Crippen LogP contribution in [0.1, 0.15) is 18.2 Å². The number of nitrogens with zero attached hydrogens (tertiary/aromatic N) is 1. The van der Waals surface area contributed by atoms with Gasteiger partial charge in [-0.25, -0.2) is 0 Å². The highest BCUT2D eigenvalue weighted by Crippen LogP contribution is 2.29. The van der Waals surface area contributed by atoms with Gasteiger partial charge in [-0.15, -0.1) is 0 Å². The Bertz CT molecular complexity index is 1080. The zero-order valence-electron chi connectivity index (χ0n) is 16.8. The first kappa shape index (κ1) is 20.1. The summed E-state index contributed by atoms with van der Waals surface area (Å²) < 4.78 is 7.07. The molecule has 0 radical (unpaired) electrons. The first-order valence-corrected chi connectivity index (χ1v) is 10.9. The van der Waals surface area contributed by atoms with Crippen LogP contribution >= 0.6 is 15.9 Å². The molecule has 1 N–H and O–H groups in total. The third kappa shape index (κ3) is 3.97. The minimum atomic E-state index is -0.0851. The maximum Gasteiger partial charge on any atom is 0.200 e. The molecule has 0 atom stereocenters. The fourth-order valence-electron chi connectivity index (χ4n) is 4.13. The van der Waals surface area contributed by atoms with Gasteiger partial charge in [-0.05, 0) is 37.2 Å². The number of nitrogens with one attached hydrogen (secondary N) is 1. The molecule has 0 saturated carbocycles. The monoisotopic (exact) mass is 456 g/mol. The lowest BCUT2D eigenvalue weighted by molar-refractivity contribution is -0.918. The van der Waals surface area contributed by atoms with Crippen molar-refractivity contribution in [3.05, 3.63) is 62.4 Å². The van der Waals surface area contributed by atoms with Crippen LogP contribution in [0.4, 0.5) is 0 Å². The highest BCUT2D eigenvalue weighted by molar-refractivity contribution is 9.10. The van der Waals surface area contributed by atoms with E-state index in [-0.39, 0.29) is 11.2 Å². The number of hydrogen-bond donors (Lipinski definition) is 1. The number of piperazine rings is 1. The van der Waals surface area contributed by atoms with Gasteiger partial charge in [0.15, 0.2) is 0 Å². The second-order valence-electron chi connectivity index (χ2n) is 7.65. The number of hydrogen-bond acceptors (Lipinski definition) is 4. The van der Waals surface area contributed by atoms with Gasteiger partial charge < -0.3 is 14.4 Å². The molecule has 152 valence electrons. The Morgan fingerprint density at radius 3 is 2.48 bits per heavy atom. The maximum absolute atomic E-state index is 13.3. The van der Waals surface area contributed by atoms with Crippen molar-refractivity contribution in [2.24, 2.45) is 0 Å². The first-order chi connectivity index (χ1) is 14.0. The Morgan fingerprint density at radius 2 is 1.83 bits per heavy atom. The van der Waals surface area contributed by atoms with Crippen LogP contribution in [0.15, 0.2) is 50.1 Å². The van der Waals surface area contributed by atoms with Crippen molar-refractivity contribution in [1.82, 2.24) is 4.90 Å². The highest BCUT2D eigenvalue weighted by atomic mass is 79.9. The van der Waals surface area contributed by atoms with E-state index in [1.807, 2.05) is 24.3 Å². The van der Waals surface area contributed by atoms with Crippen molar-refractivity contribution < 1.29 is 14.4 Å². The highest BCUT2D eigenvalue weighted by Gasteiger charge is 2.22. The Labute approximate surface area is 178 Å². The number of rotatable bonds is 4. The summed E-state index contributed by atoms with van der Waals surface area (Å²) in [5.41, 5.74) is 2.35. The summed E-state index contributed by atoms with van der Waals surface area (Å²) in [7, 11) is 0. The van der Waals surface area contributed by atoms with E-state index in [2.05, 4.69) is 27.8 Å². The van der Waals surface area contributed by atoms with Crippen LogP contribution < -0.4 is 15.4 Å². The first-order valence-electron chi connectivity index (χ1n) is 10.1. The molecule has 6 heteroatoms. The minimum Gasteiger partial charge on any atom is -0.872 e. The predicted octanol–water partition coefficient (Wildman–Crippen LogP) is 2.32. The van der Waals surface area contributed by atoms with E-state index in [1.54, 1.807) is 13.0 Å². The second kappa shape index (κ2) is 8.30. The molecule has 0 spiro atoms. The number of halogens is 1. The molecule has 29 heavy (non-hydrogen) atoms. The molecule has 3 aromatic rings. The van der Waals surface area contributed by atoms with Crippen molar-refractivity contribution in [1.29, 1.82) is 0 Å². The Hall–Kier alpha value is -2.15. The smallest absolute Gasteiger partial charge is 0.200 e. The third-order valence-electron chi connectivity index (χ3n) is 5.87. The largest absolute Gasteiger partial charge is 0.872 e. The molecule has 0 unspecified atom stereocenters. The molecule has 1 aromatic heterocycles. The fourth-order valence-corrected chi connectivity index (χ4v) is 4.40. The Balaban J connectivity index is 1.76. The van der Waals surface area contributed by atoms with Crippen molar-refractivity contribution in [2.45, 2.75) is 20.4 Å². The van der Waals surface area contributed by atoms with Gasteiger partial charge in [0.05, 0.1) is 24.0 Å². The van der Waals surface area contributed by atoms with E-state index in [0.717, 1.165) is 42.8 Å². The van der Waals surface area contributed by atoms with Crippen LogP contribution in [-0.4, -0.2) is 37.6 Å². The van der Waals surface area contributed by atoms with E-state index >= 15 is 0 Å². The van der Waals surface area contributed by atoms with E-state index < -0.39 is 0 Å². The van der Waals surface area contributed by atoms with Crippen molar-refractivity contribution in [3.63, 3.8) is 0 Å². The van der Waals surface area contributed by atoms with Gasteiger partial charge in [-0.2, -0.15) is 0 Å². The maximum atomic E-state index is 13.3. The van der Waals surface area contributed by atoms with E-state index in [9.17, 15) is 9.90 Å². The van der Waals surface area contributed by atoms with Gasteiger partial charge in [0.25, 0.3) is 0 Å². The SMILES string of the molecule is CCN1CC[NH+](Cc2c([O-])ccc3c(=O)c(-c4ccc(Br)cc4)c(C)oc23)CC1. The Morgan fingerprint density at radius 1 is 1.14 bits per heavy atom. The number of quaternary nitrogens is 1. The Kier molecular flexibility index (Phi) is 5.76. The summed E-state index contributed by atoms with van der Waals surface area (Å²) in [5, 5.41) is 13.1. The van der Waals surface area contributed by atoms with Gasteiger partial charge in [-0.3, -0.25) is 9.69 Å². The van der Waals surface area contributed by atoms with Gasteiger partial charge >= 0.3 is 0 Å². The van der Waals surface area contributed by atoms with E-state index in [1.165, 1.54) is 11.0 Å². The van der Waals surface area contributed by atoms with Crippen molar-refractivity contribution in [2.75, 3.05) is 32.7 Å². The van der Waals surface area contributed by atoms with E-state index in [4.69, 9.17) is 4.42 Å². The topological polar surface area (TPSA) is 61.0 Å². The fraction of sp³-hybridized carbons (Fsp3) is 0.348. The molecule has 1 saturated heterocycles. The van der Waals surface area contributed by atoms with Crippen LogP contribution in [0.25, 0.3) is 22.1 Å². The lowest BCUT2D eigenvalue weighted by Gasteiger charge is -2.32. The molecular weight excluding hydrogens is 432 g/mol. The second-order valence-corrected chi connectivity index (χ2v) is 8.56. The van der Waals surface area contributed by atoms with Crippen LogP contribution in [-0.2, 0) is 6.54 Å². The van der Waals surface area contributed by atoms with Crippen LogP contribution in [0.5, 0.6) is 5.75 Å². The number of benzene rings is 2. The molecule has 1 fully saturated rings. The average Bonchev–Trinajstić information content (AvgIpc) is 2.72. The van der Waals surface area contributed by atoms with Crippen LogP contribution in [0, 0.1) is 6.92 Å². The van der Waals surface area contributed by atoms with Gasteiger partial charge in [-0.1, -0.05) is 46.8 Å². The summed E-state index contributed by atoms with van der Waals surface area (Å²) in [4.78, 5) is 17.1. The number of likely N-dealkylation sites (N-methyl/N-ethyl adjacent to an activating group) is 1. The molecular formula is C23H25BrN2O3. The van der Waals surface area contributed by atoms with E-state index in [0.29, 0.717) is 34.4 Å². The molecule has 0 bridgehead atoms.